The molecule has 0 N–H and O–H groups in total. The second-order valence-corrected chi connectivity index (χ2v) is 7.89. The van der Waals surface area contributed by atoms with E-state index in [4.69, 9.17) is 4.74 Å². The number of likely N-dealkylation sites (tertiary alicyclic amines) is 2. The molecule has 1 saturated carbocycles. The molecule has 0 radical (unpaired) electrons. The van der Waals surface area contributed by atoms with Crippen LogP contribution >= 0.6 is 0 Å². The molecule has 1 amide bonds. The second-order valence-electron chi connectivity index (χ2n) is 7.89. The number of hydrogen-bond donors (Lipinski definition) is 0. The van der Waals surface area contributed by atoms with Crippen LogP contribution in [0.4, 0.5) is 0 Å². The zero-order chi connectivity index (χ0) is 17.1. The van der Waals surface area contributed by atoms with Crippen LogP contribution < -0.4 is 4.74 Å². The first kappa shape index (κ1) is 16.9. The van der Waals surface area contributed by atoms with Crippen molar-refractivity contribution in [3.05, 3.63) is 29.8 Å². The van der Waals surface area contributed by atoms with E-state index in [-0.39, 0.29) is 5.91 Å². The van der Waals surface area contributed by atoms with Gasteiger partial charge in [0.2, 0.25) is 0 Å². The summed E-state index contributed by atoms with van der Waals surface area (Å²) in [7, 11) is 0. The number of para-hydroxylation sites is 1. The van der Waals surface area contributed by atoms with Gasteiger partial charge in [-0.05, 0) is 57.2 Å². The van der Waals surface area contributed by atoms with Gasteiger partial charge in [0.05, 0.1) is 12.2 Å². The molecule has 136 valence electrons. The summed E-state index contributed by atoms with van der Waals surface area (Å²) in [6.07, 6.45) is 8.90. The van der Waals surface area contributed by atoms with Crippen LogP contribution in [0.1, 0.15) is 55.3 Å². The molecule has 3 fully saturated rings. The summed E-state index contributed by atoms with van der Waals surface area (Å²) in [6, 6.07) is 8.60. The molecule has 1 atom stereocenters. The van der Waals surface area contributed by atoms with Gasteiger partial charge in [-0.25, -0.2) is 0 Å². The third-order valence-corrected chi connectivity index (χ3v) is 6.13. The minimum atomic E-state index is 0.132. The highest BCUT2D eigenvalue weighted by Gasteiger charge is 2.30. The lowest BCUT2D eigenvalue weighted by Crippen LogP contribution is -2.46. The maximum absolute atomic E-state index is 12.7. The molecule has 1 unspecified atom stereocenters. The van der Waals surface area contributed by atoms with Crippen molar-refractivity contribution >= 4 is 5.91 Å². The lowest BCUT2D eigenvalue weighted by Gasteiger charge is -2.42. The van der Waals surface area contributed by atoms with Gasteiger partial charge in [0.25, 0.3) is 5.91 Å². The zero-order valence-electron chi connectivity index (χ0n) is 15.2. The lowest BCUT2D eigenvalue weighted by atomic mass is 9.88. The molecular formula is C21H30N2O2. The van der Waals surface area contributed by atoms with Crippen LogP contribution in [-0.2, 0) is 0 Å². The van der Waals surface area contributed by atoms with Gasteiger partial charge >= 0.3 is 0 Å². The summed E-state index contributed by atoms with van der Waals surface area (Å²) in [6.45, 7) is 4.91. The summed E-state index contributed by atoms with van der Waals surface area (Å²) in [5, 5.41) is 0. The van der Waals surface area contributed by atoms with E-state index in [1.165, 1.54) is 38.6 Å². The number of carbonyl (C=O) groups excluding carboxylic acids is 1. The third kappa shape index (κ3) is 3.84. The molecular weight excluding hydrogens is 312 g/mol. The van der Waals surface area contributed by atoms with Gasteiger partial charge in [-0.3, -0.25) is 9.69 Å². The SMILES string of the molecule is O=C(c1ccccc1OCC1CCCN(C2CCC2)C1)N1CCCC1. The first-order valence-electron chi connectivity index (χ1n) is 10.1. The number of ether oxygens (including phenoxy) is 1. The highest BCUT2D eigenvalue weighted by Crippen LogP contribution is 2.30. The fraction of sp³-hybridized carbons (Fsp3) is 0.667. The van der Waals surface area contributed by atoms with Crippen molar-refractivity contribution in [2.75, 3.05) is 32.8 Å². The number of benzene rings is 1. The Hall–Kier alpha value is -1.55. The first-order valence-corrected chi connectivity index (χ1v) is 10.1. The minimum Gasteiger partial charge on any atom is -0.492 e. The van der Waals surface area contributed by atoms with E-state index < -0.39 is 0 Å². The monoisotopic (exact) mass is 342 g/mol. The van der Waals surface area contributed by atoms with Crippen LogP contribution in [0.5, 0.6) is 5.75 Å². The molecule has 0 bridgehead atoms. The molecule has 3 aliphatic rings. The maximum atomic E-state index is 12.7. The molecule has 0 spiro atoms. The van der Waals surface area contributed by atoms with Gasteiger partial charge in [0.15, 0.2) is 0 Å². The van der Waals surface area contributed by atoms with Gasteiger partial charge in [-0.15, -0.1) is 0 Å². The molecule has 2 saturated heterocycles. The van der Waals surface area contributed by atoms with Crippen LogP contribution in [0, 0.1) is 5.92 Å². The molecule has 1 aliphatic carbocycles. The van der Waals surface area contributed by atoms with E-state index >= 15 is 0 Å². The Kier molecular flexibility index (Phi) is 5.25. The number of rotatable bonds is 5. The third-order valence-electron chi connectivity index (χ3n) is 6.13. The van der Waals surface area contributed by atoms with Crippen LogP contribution in [0.25, 0.3) is 0 Å². The summed E-state index contributed by atoms with van der Waals surface area (Å²) in [4.78, 5) is 17.4. The van der Waals surface area contributed by atoms with Crippen molar-refractivity contribution in [1.82, 2.24) is 9.80 Å². The van der Waals surface area contributed by atoms with Crippen LogP contribution in [0.3, 0.4) is 0 Å². The van der Waals surface area contributed by atoms with E-state index in [0.717, 1.165) is 56.4 Å². The average Bonchev–Trinajstić information content (AvgIpc) is 3.13. The van der Waals surface area contributed by atoms with Gasteiger partial charge < -0.3 is 9.64 Å². The van der Waals surface area contributed by atoms with Crippen molar-refractivity contribution in [3.8, 4) is 5.75 Å². The van der Waals surface area contributed by atoms with Crippen molar-refractivity contribution in [2.45, 2.75) is 51.0 Å². The van der Waals surface area contributed by atoms with E-state index in [9.17, 15) is 4.79 Å². The fourth-order valence-corrected chi connectivity index (χ4v) is 4.38. The van der Waals surface area contributed by atoms with Crippen molar-refractivity contribution < 1.29 is 9.53 Å². The molecule has 2 heterocycles. The summed E-state index contributed by atoms with van der Waals surface area (Å²) in [5.41, 5.74) is 0.732. The van der Waals surface area contributed by atoms with Gasteiger partial charge in [0.1, 0.15) is 5.75 Å². The van der Waals surface area contributed by atoms with Crippen molar-refractivity contribution in [2.24, 2.45) is 5.92 Å². The number of amides is 1. The molecule has 2 aliphatic heterocycles. The summed E-state index contributed by atoms with van der Waals surface area (Å²) in [5.74, 6) is 1.48. The molecule has 4 heteroatoms. The van der Waals surface area contributed by atoms with Crippen LogP contribution in [0.2, 0.25) is 0 Å². The maximum Gasteiger partial charge on any atom is 0.257 e. The number of carbonyl (C=O) groups is 1. The Morgan fingerprint density at radius 3 is 2.56 bits per heavy atom. The largest absolute Gasteiger partial charge is 0.492 e. The highest BCUT2D eigenvalue weighted by atomic mass is 16.5. The molecule has 1 aromatic rings. The number of nitrogens with zero attached hydrogens (tertiary/aromatic N) is 2. The Bertz CT molecular complexity index is 593. The molecule has 25 heavy (non-hydrogen) atoms. The summed E-state index contributed by atoms with van der Waals surface area (Å²) < 4.78 is 6.16. The Morgan fingerprint density at radius 1 is 1.00 bits per heavy atom. The first-order chi connectivity index (χ1) is 12.3. The van der Waals surface area contributed by atoms with Crippen LogP contribution in [-0.4, -0.2) is 54.5 Å². The van der Waals surface area contributed by atoms with E-state index in [0.29, 0.717) is 5.92 Å². The predicted molar refractivity (Wildman–Crippen MR) is 99.0 cm³/mol. The topological polar surface area (TPSA) is 32.8 Å². The molecule has 4 nitrogen and oxygen atoms in total. The standard InChI is InChI=1S/C21H30N2O2/c24-21(22-12-3-4-13-22)19-10-1-2-11-20(19)25-16-17-7-6-14-23(15-17)18-8-5-9-18/h1-2,10-11,17-18H,3-9,12-16H2. The lowest BCUT2D eigenvalue weighted by molar-refractivity contribution is 0.0596. The van der Waals surface area contributed by atoms with Crippen LogP contribution in [0.15, 0.2) is 24.3 Å². The van der Waals surface area contributed by atoms with E-state index in [1.54, 1.807) is 0 Å². The second kappa shape index (κ2) is 7.77. The molecule has 1 aromatic carbocycles. The zero-order valence-corrected chi connectivity index (χ0v) is 15.2. The quantitative estimate of drug-likeness (QED) is 0.820. The minimum absolute atomic E-state index is 0.132. The highest BCUT2D eigenvalue weighted by molar-refractivity contribution is 5.97. The normalized spacial score (nSPS) is 25.0. The number of piperidine rings is 1. The van der Waals surface area contributed by atoms with Gasteiger partial charge in [-0.1, -0.05) is 18.6 Å². The smallest absolute Gasteiger partial charge is 0.257 e. The predicted octanol–water partition coefficient (Wildman–Crippen LogP) is 3.57. The number of hydrogen-bond acceptors (Lipinski definition) is 3. The molecule has 4 rings (SSSR count). The van der Waals surface area contributed by atoms with Gasteiger partial charge in [-0.2, -0.15) is 0 Å². The Morgan fingerprint density at radius 2 is 1.80 bits per heavy atom. The molecule has 0 aromatic heterocycles. The average molecular weight is 342 g/mol. The fourth-order valence-electron chi connectivity index (χ4n) is 4.38. The summed E-state index contributed by atoms with van der Waals surface area (Å²) >= 11 is 0. The van der Waals surface area contributed by atoms with E-state index in [1.807, 2.05) is 29.2 Å². The van der Waals surface area contributed by atoms with Crippen molar-refractivity contribution in [1.29, 1.82) is 0 Å². The van der Waals surface area contributed by atoms with E-state index in [2.05, 4.69) is 4.90 Å². The van der Waals surface area contributed by atoms with Gasteiger partial charge in [0, 0.05) is 31.6 Å². The Balaban J connectivity index is 1.36. The Labute approximate surface area is 151 Å². The van der Waals surface area contributed by atoms with Crippen molar-refractivity contribution in [3.63, 3.8) is 0 Å².